The number of halogens is 4. The molecule has 144 valence electrons. The zero-order valence-corrected chi connectivity index (χ0v) is 14.5. The van der Waals surface area contributed by atoms with Crippen molar-refractivity contribution in [3.8, 4) is 0 Å². The fourth-order valence-electron chi connectivity index (χ4n) is 1.86. The van der Waals surface area contributed by atoms with Gasteiger partial charge in [-0.1, -0.05) is 12.1 Å². The number of carbonyl (C=O) groups excluding carboxylic acids is 1. The number of alkyl halides is 3. The summed E-state index contributed by atoms with van der Waals surface area (Å²) in [5.74, 6) is -2.70. The SMILES string of the molecule is C/C(=N\NS(=O)(=O)c1ccc(F)cc1)c1ccc(NC(=O)C(F)(F)F)cc1. The monoisotopic (exact) mass is 403 g/mol. The molecule has 0 aromatic heterocycles. The molecule has 0 fully saturated rings. The highest BCUT2D eigenvalue weighted by Crippen LogP contribution is 2.18. The van der Waals surface area contributed by atoms with E-state index in [9.17, 15) is 30.8 Å². The van der Waals surface area contributed by atoms with Gasteiger partial charge < -0.3 is 5.32 Å². The van der Waals surface area contributed by atoms with Crippen molar-refractivity contribution in [3.05, 3.63) is 59.9 Å². The van der Waals surface area contributed by atoms with Gasteiger partial charge >= 0.3 is 12.1 Å². The Hall–Kier alpha value is -2.95. The Labute approximate surface area is 151 Å². The fraction of sp³-hybridized carbons (Fsp3) is 0.125. The minimum absolute atomic E-state index is 0.0826. The van der Waals surface area contributed by atoms with Crippen molar-refractivity contribution in [1.82, 2.24) is 4.83 Å². The Bertz CT molecular complexity index is 954. The first-order chi connectivity index (χ1) is 12.5. The smallest absolute Gasteiger partial charge is 0.318 e. The Morgan fingerprint density at radius 3 is 2.07 bits per heavy atom. The lowest BCUT2D eigenvalue weighted by molar-refractivity contribution is -0.167. The number of hydrogen-bond acceptors (Lipinski definition) is 4. The Balaban J connectivity index is 2.09. The van der Waals surface area contributed by atoms with Crippen molar-refractivity contribution in [2.45, 2.75) is 18.0 Å². The van der Waals surface area contributed by atoms with Crippen LogP contribution in [0.1, 0.15) is 12.5 Å². The van der Waals surface area contributed by atoms with E-state index in [0.717, 1.165) is 24.3 Å². The number of rotatable bonds is 5. The first kappa shape index (κ1) is 20.4. The van der Waals surface area contributed by atoms with E-state index in [-0.39, 0.29) is 16.3 Å². The van der Waals surface area contributed by atoms with Gasteiger partial charge in [0, 0.05) is 5.69 Å². The van der Waals surface area contributed by atoms with Crippen LogP contribution in [0.25, 0.3) is 0 Å². The zero-order chi connectivity index (χ0) is 20.2. The number of hydrogen-bond donors (Lipinski definition) is 2. The van der Waals surface area contributed by atoms with Crippen molar-refractivity contribution < 1.29 is 30.8 Å². The zero-order valence-electron chi connectivity index (χ0n) is 13.7. The van der Waals surface area contributed by atoms with Gasteiger partial charge in [0.05, 0.1) is 10.6 Å². The minimum atomic E-state index is -5.01. The van der Waals surface area contributed by atoms with Crippen LogP contribution in [0, 0.1) is 5.82 Å². The first-order valence-corrected chi connectivity index (χ1v) is 8.77. The lowest BCUT2D eigenvalue weighted by atomic mass is 10.1. The minimum Gasteiger partial charge on any atom is -0.318 e. The maximum atomic E-state index is 12.9. The van der Waals surface area contributed by atoms with E-state index in [0.29, 0.717) is 5.56 Å². The van der Waals surface area contributed by atoms with Crippen molar-refractivity contribution in [1.29, 1.82) is 0 Å². The summed E-state index contributed by atoms with van der Waals surface area (Å²) in [5, 5.41) is 5.40. The molecule has 0 aliphatic rings. The van der Waals surface area contributed by atoms with Crippen molar-refractivity contribution in [2.75, 3.05) is 5.32 Å². The highest BCUT2D eigenvalue weighted by molar-refractivity contribution is 7.89. The molecule has 0 radical (unpaired) electrons. The Morgan fingerprint density at radius 2 is 1.56 bits per heavy atom. The van der Waals surface area contributed by atoms with Crippen LogP contribution in [0.4, 0.5) is 23.2 Å². The van der Waals surface area contributed by atoms with Crippen LogP contribution >= 0.6 is 0 Å². The highest BCUT2D eigenvalue weighted by Gasteiger charge is 2.38. The first-order valence-electron chi connectivity index (χ1n) is 7.29. The van der Waals surface area contributed by atoms with Gasteiger partial charge in [-0.05, 0) is 48.9 Å². The molecular weight excluding hydrogens is 390 g/mol. The fourth-order valence-corrected chi connectivity index (χ4v) is 2.71. The second-order valence-corrected chi connectivity index (χ2v) is 6.94. The molecule has 1 amide bonds. The lowest BCUT2D eigenvalue weighted by Gasteiger charge is -2.09. The summed E-state index contributed by atoms with van der Waals surface area (Å²) in [6.45, 7) is 1.47. The molecule has 2 N–H and O–H groups in total. The van der Waals surface area contributed by atoms with Crippen LogP contribution in [0.2, 0.25) is 0 Å². The summed E-state index contributed by atoms with van der Waals surface area (Å²) < 4.78 is 73.6. The number of benzene rings is 2. The van der Waals surface area contributed by atoms with Crippen LogP contribution in [0.5, 0.6) is 0 Å². The molecule has 0 bridgehead atoms. The summed E-state index contributed by atoms with van der Waals surface area (Å²) >= 11 is 0. The average Bonchev–Trinajstić information content (AvgIpc) is 2.60. The molecule has 0 saturated heterocycles. The largest absolute Gasteiger partial charge is 0.471 e. The molecule has 0 atom stereocenters. The van der Waals surface area contributed by atoms with Gasteiger partial charge in [-0.15, -0.1) is 0 Å². The summed E-state index contributed by atoms with van der Waals surface area (Å²) in [6, 6.07) is 9.26. The third-order valence-electron chi connectivity index (χ3n) is 3.28. The number of sulfonamides is 1. The maximum Gasteiger partial charge on any atom is 0.471 e. The number of anilines is 1. The van der Waals surface area contributed by atoms with E-state index in [1.54, 1.807) is 5.32 Å². The van der Waals surface area contributed by atoms with Crippen molar-refractivity contribution in [3.63, 3.8) is 0 Å². The number of nitrogens with one attached hydrogen (secondary N) is 2. The molecule has 6 nitrogen and oxygen atoms in total. The van der Waals surface area contributed by atoms with Crippen LogP contribution in [-0.2, 0) is 14.8 Å². The molecule has 0 saturated carbocycles. The molecule has 11 heteroatoms. The molecule has 0 aliphatic heterocycles. The molecule has 0 unspecified atom stereocenters. The van der Waals surface area contributed by atoms with Crippen LogP contribution in [0.3, 0.4) is 0 Å². The molecule has 0 spiro atoms. The van der Waals surface area contributed by atoms with Gasteiger partial charge in [0.25, 0.3) is 10.0 Å². The topological polar surface area (TPSA) is 87.6 Å². The molecule has 2 aromatic carbocycles. The molecule has 0 aliphatic carbocycles. The van der Waals surface area contributed by atoms with Gasteiger partial charge in [0.2, 0.25) is 0 Å². The number of nitrogens with zero attached hydrogens (tertiary/aromatic N) is 1. The normalized spacial score (nSPS) is 12.6. The standard InChI is InChI=1S/C16H13F4N3O3S/c1-10(22-23-27(25,26)14-8-4-12(17)5-9-14)11-2-6-13(7-3-11)21-15(24)16(18,19)20/h2-9,23H,1H3,(H,21,24)/b22-10+. The second-order valence-electron chi connectivity index (χ2n) is 5.28. The highest BCUT2D eigenvalue weighted by atomic mass is 32.2. The van der Waals surface area contributed by atoms with Gasteiger partial charge in [0.1, 0.15) is 5.82 Å². The van der Waals surface area contributed by atoms with Crippen LogP contribution < -0.4 is 10.1 Å². The Morgan fingerprint density at radius 1 is 1.00 bits per heavy atom. The molecule has 27 heavy (non-hydrogen) atoms. The van der Waals surface area contributed by atoms with Crippen molar-refractivity contribution >= 4 is 27.3 Å². The van der Waals surface area contributed by atoms with E-state index < -0.39 is 27.9 Å². The summed E-state index contributed by atoms with van der Waals surface area (Å²) in [5.41, 5.74) is 0.539. The number of amides is 1. The number of hydrazone groups is 1. The third kappa shape index (κ3) is 5.51. The van der Waals surface area contributed by atoms with E-state index in [1.807, 2.05) is 4.83 Å². The van der Waals surface area contributed by atoms with Gasteiger partial charge in [-0.2, -0.15) is 31.5 Å². The quantitative estimate of drug-likeness (QED) is 0.457. The predicted octanol–water partition coefficient (Wildman–Crippen LogP) is 3.03. The van der Waals surface area contributed by atoms with Crippen molar-refractivity contribution in [2.24, 2.45) is 5.10 Å². The van der Waals surface area contributed by atoms with E-state index in [2.05, 4.69) is 5.10 Å². The molecular formula is C16H13F4N3O3S. The molecule has 0 heterocycles. The van der Waals surface area contributed by atoms with Crippen LogP contribution in [0.15, 0.2) is 58.5 Å². The maximum absolute atomic E-state index is 12.9. The summed E-state index contributed by atoms with van der Waals surface area (Å²) in [6.07, 6.45) is -5.01. The second kappa shape index (κ2) is 7.74. The van der Waals surface area contributed by atoms with Gasteiger partial charge in [-0.3, -0.25) is 4.79 Å². The van der Waals surface area contributed by atoms with E-state index in [1.165, 1.54) is 31.2 Å². The molecule has 2 aromatic rings. The third-order valence-corrected chi connectivity index (χ3v) is 4.50. The van der Waals surface area contributed by atoms with Gasteiger partial charge in [0.15, 0.2) is 0 Å². The molecule has 2 rings (SSSR count). The average molecular weight is 403 g/mol. The predicted molar refractivity (Wildman–Crippen MR) is 90.1 cm³/mol. The number of carbonyl (C=O) groups is 1. The van der Waals surface area contributed by atoms with Crippen LogP contribution in [-0.4, -0.2) is 26.2 Å². The van der Waals surface area contributed by atoms with Gasteiger partial charge in [-0.25, -0.2) is 4.39 Å². The lowest BCUT2D eigenvalue weighted by Crippen LogP contribution is -2.29. The van der Waals surface area contributed by atoms with E-state index >= 15 is 0 Å². The Kier molecular flexibility index (Phi) is 5.84. The summed E-state index contributed by atoms with van der Waals surface area (Å²) in [7, 11) is -4.01. The summed E-state index contributed by atoms with van der Waals surface area (Å²) in [4.78, 5) is 12.7. The van der Waals surface area contributed by atoms with E-state index in [4.69, 9.17) is 0 Å².